The van der Waals surface area contributed by atoms with Gasteiger partial charge in [0.05, 0.1) is 11.7 Å². The maximum absolute atomic E-state index is 12.8. The Balaban J connectivity index is 1.59. The summed E-state index contributed by atoms with van der Waals surface area (Å²) < 4.78 is 6.22. The van der Waals surface area contributed by atoms with Crippen molar-refractivity contribution >= 4 is 11.8 Å². The number of nitrogens with one attached hydrogen (secondary N) is 2. The van der Waals surface area contributed by atoms with Crippen molar-refractivity contribution in [3.63, 3.8) is 0 Å². The van der Waals surface area contributed by atoms with Gasteiger partial charge in [0.15, 0.2) is 0 Å². The van der Waals surface area contributed by atoms with Crippen LogP contribution in [0.4, 0.5) is 0 Å². The standard InChI is InChI=1S/C20H29N3O4/c1-13(2)17-5-4-16(18(25)22-17)19(26)23-10-8-20(9-11-23)7-6-15(27-20)12-21-14(3)24/h4-5,13,15H,6-12H2,1-3H3,(H,21,24)(H,22,25)/t15-/m1/s1. The number of hydrogen-bond donors (Lipinski definition) is 2. The van der Waals surface area contributed by atoms with Crippen molar-refractivity contribution in [3.05, 3.63) is 33.7 Å². The first-order valence-corrected chi connectivity index (χ1v) is 9.74. The molecule has 3 heterocycles. The second-order valence-corrected chi connectivity index (χ2v) is 8.00. The topological polar surface area (TPSA) is 91.5 Å². The normalized spacial score (nSPS) is 21.6. The lowest BCUT2D eigenvalue weighted by molar-refractivity contribution is -0.120. The van der Waals surface area contributed by atoms with Gasteiger partial charge in [0.1, 0.15) is 5.56 Å². The molecule has 0 radical (unpaired) electrons. The summed E-state index contributed by atoms with van der Waals surface area (Å²) in [5.41, 5.74) is 0.511. The van der Waals surface area contributed by atoms with Crippen LogP contribution in [0.1, 0.15) is 68.4 Å². The SMILES string of the molecule is CC(=O)NC[C@H]1CCC2(CCN(C(=O)c3ccc(C(C)C)[nH]c3=O)CC2)O1. The summed E-state index contributed by atoms with van der Waals surface area (Å²) in [5.74, 6) is -0.0514. The second kappa shape index (κ2) is 7.84. The van der Waals surface area contributed by atoms with Gasteiger partial charge in [0, 0.05) is 32.3 Å². The monoisotopic (exact) mass is 375 g/mol. The van der Waals surface area contributed by atoms with Crippen molar-refractivity contribution in [2.75, 3.05) is 19.6 Å². The maximum atomic E-state index is 12.8. The highest BCUT2D eigenvalue weighted by Gasteiger charge is 2.43. The van der Waals surface area contributed by atoms with Crippen molar-refractivity contribution in [2.45, 2.75) is 64.1 Å². The Bertz CT molecular complexity index is 763. The number of likely N-dealkylation sites (tertiary alicyclic amines) is 1. The number of H-pyrrole nitrogens is 1. The summed E-state index contributed by atoms with van der Waals surface area (Å²) in [6.07, 6.45) is 3.44. The van der Waals surface area contributed by atoms with Crippen LogP contribution in [0.25, 0.3) is 0 Å². The van der Waals surface area contributed by atoms with Gasteiger partial charge in [-0.15, -0.1) is 0 Å². The molecule has 7 nitrogen and oxygen atoms in total. The van der Waals surface area contributed by atoms with E-state index in [9.17, 15) is 14.4 Å². The third-order valence-corrected chi connectivity index (χ3v) is 5.66. The Morgan fingerprint density at radius 2 is 2.00 bits per heavy atom. The van der Waals surface area contributed by atoms with Gasteiger partial charge in [-0.25, -0.2) is 0 Å². The van der Waals surface area contributed by atoms with Gasteiger partial charge < -0.3 is 19.9 Å². The van der Waals surface area contributed by atoms with E-state index in [1.54, 1.807) is 11.0 Å². The fourth-order valence-corrected chi connectivity index (χ4v) is 3.95. The molecule has 1 atom stereocenters. The van der Waals surface area contributed by atoms with E-state index >= 15 is 0 Å². The molecule has 0 unspecified atom stereocenters. The number of carbonyl (C=O) groups is 2. The first kappa shape index (κ1) is 19.6. The Labute approximate surface area is 159 Å². The third-order valence-electron chi connectivity index (χ3n) is 5.66. The van der Waals surface area contributed by atoms with Crippen molar-refractivity contribution in [3.8, 4) is 0 Å². The summed E-state index contributed by atoms with van der Waals surface area (Å²) >= 11 is 0. The zero-order chi connectivity index (χ0) is 19.6. The molecule has 1 spiro atoms. The lowest BCUT2D eigenvalue weighted by Gasteiger charge is -2.39. The molecule has 2 N–H and O–H groups in total. The summed E-state index contributed by atoms with van der Waals surface area (Å²) in [6.45, 7) is 7.20. The van der Waals surface area contributed by atoms with Gasteiger partial charge >= 0.3 is 0 Å². The zero-order valence-electron chi connectivity index (χ0n) is 16.3. The van der Waals surface area contributed by atoms with Crippen LogP contribution < -0.4 is 10.9 Å². The molecule has 0 saturated carbocycles. The summed E-state index contributed by atoms with van der Waals surface area (Å²) in [6, 6.07) is 3.45. The summed E-state index contributed by atoms with van der Waals surface area (Å²) in [7, 11) is 0. The molecule has 0 aromatic carbocycles. The number of carbonyl (C=O) groups excluding carboxylic acids is 2. The van der Waals surface area contributed by atoms with E-state index in [1.807, 2.05) is 19.9 Å². The lowest BCUT2D eigenvalue weighted by atomic mass is 9.88. The largest absolute Gasteiger partial charge is 0.370 e. The van der Waals surface area contributed by atoms with E-state index in [4.69, 9.17) is 4.74 Å². The van der Waals surface area contributed by atoms with E-state index in [-0.39, 0.29) is 40.6 Å². The fraction of sp³-hybridized carbons (Fsp3) is 0.650. The van der Waals surface area contributed by atoms with Crippen LogP contribution in [-0.2, 0) is 9.53 Å². The second-order valence-electron chi connectivity index (χ2n) is 8.00. The van der Waals surface area contributed by atoms with E-state index in [0.29, 0.717) is 19.6 Å². The molecule has 7 heteroatoms. The fourth-order valence-electron chi connectivity index (χ4n) is 3.95. The highest BCUT2D eigenvalue weighted by Crippen LogP contribution is 2.38. The maximum Gasteiger partial charge on any atom is 0.261 e. The molecule has 0 aliphatic carbocycles. The number of amides is 2. The number of hydrogen-bond acceptors (Lipinski definition) is 4. The number of rotatable bonds is 4. The Morgan fingerprint density at radius 1 is 1.30 bits per heavy atom. The Morgan fingerprint density at radius 3 is 2.59 bits per heavy atom. The van der Waals surface area contributed by atoms with Gasteiger partial charge in [0.25, 0.3) is 11.5 Å². The van der Waals surface area contributed by atoms with Crippen molar-refractivity contribution in [1.29, 1.82) is 0 Å². The summed E-state index contributed by atoms with van der Waals surface area (Å²) in [4.78, 5) is 40.7. The first-order chi connectivity index (χ1) is 12.8. The van der Waals surface area contributed by atoms with Crippen LogP contribution in [-0.4, -0.2) is 53.0 Å². The molecule has 3 rings (SSSR count). The van der Waals surface area contributed by atoms with E-state index in [0.717, 1.165) is 31.4 Å². The van der Waals surface area contributed by atoms with Gasteiger partial charge in [-0.05, 0) is 43.7 Å². The first-order valence-electron chi connectivity index (χ1n) is 9.74. The van der Waals surface area contributed by atoms with Crippen LogP contribution in [0.3, 0.4) is 0 Å². The average molecular weight is 375 g/mol. The molecule has 0 bridgehead atoms. The Kier molecular flexibility index (Phi) is 5.69. The minimum Gasteiger partial charge on any atom is -0.370 e. The van der Waals surface area contributed by atoms with Crippen molar-refractivity contribution < 1.29 is 14.3 Å². The van der Waals surface area contributed by atoms with Crippen molar-refractivity contribution in [2.24, 2.45) is 0 Å². The third kappa shape index (κ3) is 4.40. The van der Waals surface area contributed by atoms with Gasteiger partial charge in [-0.3, -0.25) is 14.4 Å². The number of pyridine rings is 1. The summed E-state index contributed by atoms with van der Waals surface area (Å²) in [5, 5.41) is 2.81. The highest BCUT2D eigenvalue weighted by atomic mass is 16.5. The molecular formula is C20H29N3O4. The Hall–Kier alpha value is -2.15. The van der Waals surface area contributed by atoms with Gasteiger partial charge in [-0.2, -0.15) is 0 Å². The van der Waals surface area contributed by atoms with E-state index in [1.165, 1.54) is 6.92 Å². The van der Waals surface area contributed by atoms with Crippen LogP contribution in [0, 0.1) is 0 Å². The molecular weight excluding hydrogens is 346 g/mol. The zero-order valence-corrected chi connectivity index (χ0v) is 16.3. The number of ether oxygens (including phenoxy) is 1. The van der Waals surface area contributed by atoms with Gasteiger partial charge in [-0.1, -0.05) is 13.8 Å². The lowest BCUT2D eigenvalue weighted by Crippen LogP contribution is -2.48. The molecule has 2 fully saturated rings. The molecule has 2 amide bonds. The molecule has 1 aromatic heterocycles. The van der Waals surface area contributed by atoms with Crippen LogP contribution >= 0.6 is 0 Å². The smallest absolute Gasteiger partial charge is 0.261 e. The van der Waals surface area contributed by atoms with E-state index in [2.05, 4.69) is 10.3 Å². The number of aromatic amines is 1. The molecule has 2 saturated heterocycles. The van der Waals surface area contributed by atoms with Gasteiger partial charge in [0.2, 0.25) is 5.91 Å². The molecule has 27 heavy (non-hydrogen) atoms. The number of aromatic nitrogens is 1. The minimum absolute atomic E-state index is 0.0440. The average Bonchev–Trinajstić information content (AvgIpc) is 3.02. The molecule has 1 aromatic rings. The molecule has 148 valence electrons. The van der Waals surface area contributed by atoms with Crippen LogP contribution in [0.15, 0.2) is 16.9 Å². The minimum atomic E-state index is -0.320. The highest BCUT2D eigenvalue weighted by molar-refractivity contribution is 5.93. The molecule has 2 aliphatic heterocycles. The predicted octanol–water partition coefficient (Wildman–Crippen LogP) is 1.79. The van der Waals surface area contributed by atoms with Crippen molar-refractivity contribution in [1.82, 2.24) is 15.2 Å². The molecule has 2 aliphatic rings. The quantitative estimate of drug-likeness (QED) is 0.839. The van der Waals surface area contributed by atoms with Crippen LogP contribution in [0.2, 0.25) is 0 Å². The predicted molar refractivity (Wildman–Crippen MR) is 102 cm³/mol. The van der Waals surface area contributed by atoms with Crippen LogP contribution in [0.5, 0.6) is 0 Å². The number of nitrogens with zero attached hydrogens (tertiary/aromatic N) is 1. The van der Waals surface area contributed by atoms with E-state index < -0.39 is 0 Å². The number of piperidine rings is 1.